The minimum absolute atomic E-state index is 0. The second-order valence-corrected chi connectivity index (χ2v) is 5.70. The molecule has 21 heavy (non-hydrogen) atoms. The van der Waals surface area contributed by atoms with Crippen LogP contribution < -0.4 is 5.32 Å². The minimum Gasteiger partial charge on any atom is -0.314 e. The maximum Gasteiger partial charge on any atom is 0.137 e. The number of rotatable bonds is 5. The molecule has 0 aromatic heterocycles. The van der Waals surface area contributed by atoms with Crippen LogP contribution in [0, 0.1) is 5.82 Å². The summed E-state index contributed by atoms with van der Waals surface area (Å²) >= 11 is 3.28. The zero-order chi connectivity index (χ0) is 13.7. The van der Waals surface area contributed by atoms with Crippen LogP contribution in [-0.2, 0) is 0 Å². The lowest BCUT2D eigenvalue weighted by Crippen LogP contribution is -2.45. The summed E-state index contributed by atoms with van der Waals surface area (Å²) in [6, 6.07) is 5.70. The number of hydrogen-bond acceptors (Lipinski definition) is 2. The first-order valence-corrected chi connectivity index (χ1v) is 7.52. The lowest BCUT2D eigenvalue weighted by Gasteiger charge is -2.35. The molecule has 120 valence electrons. The van der Waals surface area contributed by atoms with Crippen molar-refractivity contribution >= 4 is 40.7 Å². The Labute approximate surface area is 147 Å². The summed E-state index contributed by atoms with van der Waals surface area (Å²) < 4.78 is 13.9. The van der Waals surface area contributed by atoms with Gasteiger partial charge in [0, 0.05) is 32.2 Å². The minimum atomic E-state index is -0.202. The Morgan fingerprint density at radius 2 is 2.00 bits per heavy atom. The summed E-state index contributed by atoms with van der Waals surface area (Å²) in [6.07, 6.45) is 3.96. The van der Waals surface area contributed by atoms with Crippen molar-refractivity contribution in [2.24, 2.45) is 0 Å². The SMILES string of the molecule is C=CCC[C@@H](c1ccc(F)c(Br)c1)N1CCNCC1.Cl.Cl. The molecule has 0 radical (unpaired) electrons. The summed E-state index contributed by atoms with van der Waals surface area (Å²) in [5.41, 5.74) is 1.18. The molecule has 1 aromatic carbocycles. The van der Waals surface area contributed by atoms with E-state index in [0.717, 1.165) is 39.0 Å². The maximum atomic E-state index is 13.4. The highest BCUT2D eigenvalue weighted by Crippen LogP contribution is 2.29. The molecule has 0 amide bonds. The van der Waals surface area contributed by atoms with Gasteiger partial charge in [0.1, 0.15) is 5.82 Å². The van der Waals surface area contributed by atoms with Crippen LogP contribution in [0.3, 0.4) is 0 Å². The zero-order valence-corrected chi connectivity index (χ0v) is 15.1. The van der Waals surface area contributed by atoms with E-state index >= 15 is 0 Å². The number of nitrogens with zero attached hydrogens (tertiary/aromatic N) is 1. The topological polar surface area (TPSA) is 15.3 Å². The fourth-order valence-corrected chi connectivity index (χ4v) is 2.95. The molecule has 0 saturated carbocycles. The molecular weight excluding hydrogens is 378 g/mol. The van der Waals surface area contributed by atoms with Crippen molar-refractivity contribution in [3.8, 4) is 0 Å². The van der Waals surface area contributed by atoms with E-state index in [1.165, 1.54) is 5.56 Å². The number of hydrogen-bond donors (Lipinski definition) is 1. The van der Waals surface area contributed by atoms with E-state index in [9.17, 15) is 4.39 Å². The molecule has 2 nitrogen and oxygen atoms in total. The predicted octanol–water partition coefficient (Wildman–Crippen LogP) is 4.34. The van der Waals surface area contributed by atoms with Crippen molar-refractivity contribution in [2.75, 3.05) is 26.2 Å². The molecular formula is C15H22BrCl2FN2. The lowest BCUT2D eigenvalue weighted by molar-refractivity contribution is 0.166. The number of benzene rings is 1. The molecule has 0 aliphatic carbocycles. The molecule has 1 fully saturated rings. The first-order chi connectivity index (χ1) is 9.22. The van der Waals surface area contributed by atoms with Crippen LogP contribution in [0.5, 0.6) is 0 Å². The first-order valence-electron chi connectivity index (χ1n) is 6.73. The second-order valence-electron chi connectivity index (χ2n) is 4.84. The third kappa shape index (κ3) is 5.87. The van der Waals surface area contributed by atoms with E-state index in [0.29, 0.717) is 10.5 Å². The van der Waals surface area contributed by atoms with Gasteiger partial charge in [0.25, 0.3) is 0 Å². The van der Waals surface area contributed by atoms with Gasteiger partial charge >= 0.3 is 0 Å². The normalized spacial score (nSPS) is 16.5. The van der Waals surface area contributed by atoms with Gasteiger partial charge in [-0.1, -0.05) is 12.1 Å². The molecule has 1 aliphatic rings. The van der Waals surface area contributed by atoms with E-state index < -0.39 is 0 Å². The molecule has 2 rings (SSSR count). The number of allylic oxidation sites excluding steroid dienone is 1. The molecule has 0 spiro atoms. The van der Waals surface area contributed by atoms with E-state index in [1.54, 1.807) is 6.07 Å². The van der Waals surface area contributed by atoms with Gasteiger partial charge in [-0.2, -0.15) is 0 Å². The van der Waals surface area contributed by atoms with Crippen LogP contribution in [0.15, 0.2) is 35.3 Å². The van der Waals surface area contributed by atoms with Crippen molar-refractivity contribution in [1.82, 2.24) is 10.2 Å². The van der Waals surface area contributed by atoms with Gasteiger partial charge in [-0.3, -0.25) is 4.90 Å². The molecule has 6 heteroatoms. The Bertz CT molecular complexity index is 440. The summed E-state index contributed by atoms with van der Waals surface area (Å²) in [7, 11) is 0. The van der Waals surface area contributed by atoms with Crippen molar-refractivity contribution in [3.63, 3.8) is 0 Å². The predicted molar refractivity (Wildman–Crippen MR) is 95.2 cm³/mol. The van der Waals surface area contributed by atoms with Crippen LogP contribution in [-0.4, -0.2) is 31.1 Å². The highest BCUT2D eigenvalue weighted by molar-refractivity contribution is 9.10. The van der Waals surface area contributed by atoms with Crippen LogP contribution in [0.1, 0.15) is 24.4 Å². The quantitative estimate of drug-likeness (QED) is 0.740. The first kappa shape index (κ1) is 20.9. The van der Waals surface area contributed by atoms with Gasteiger partial charge in [0.15, 0.2) is 0 Å². The van der Waals surface area contributed by atoms with Crippen molar-refractivity contribution < 1.29 is 4.39 Å². The molecule has 1 atom stereocenters. The number of halogens is 4. The fourth-order valence-electron chi connectivity index (χ4n) is 2.55. The smallest absolute Gasteiger partial charge is 0.137 e. The van der Waals surface area contributed by atoms with Gasteiger partial charge in [-0.05, 0) is 46.5 Å². The van der Waals surface area contributed by atoms with E-state index in [-0.39, 0.29) is 30.6 Å². The Kier molecular flexibility index (Phi) is 10.5. The molecule has 0 unspecified atom stereocenters. The fraction of sp³-hybridized carbons (Fsp3) is 0.467. The largest absolute Gasteiger partial charge is 0.314 e. The summed E-state index contributed by atoms with van der Waals surface area (Å²) in [5.74, 6) is -0.202. The Balaban J connectivity index is 0.00000200. The Morgan fingerprint density at radius 1 is 1.33 bits per heavy atom. The van der Waals surface area contributed by atoms with E-state index in [2.05, 4.69) is 32.7 Å². The molecule has 0 bridgehead atoms. The molecule has 1 N–H and O–H groups in total. The van der Waals surface area contributed by atoms with Crippen molar-refractivity contribution in [1.29, 1.82) is 0 Å². The number of nitrogens with one attached hydrogen (secondary N) is 1. The summed E-state index contributed by atoms with van der Waals surface area (Å²) in [5, 5.41) is 3.37. The van der Waals surface area contributed by atoms with Gasteiger partial charge in [0.05, 0.1) is 4.47 Å². The molecule has 1 aromatic rings. The summed E-state index contributed by atoms with van der Waals surface area (Å²) in [6.45, 7) is 7.92. The maximum absolute atomic E-state index is 13.4. The highest BCUT2D eigenvalue weighted by Gasteiger charge is 2.22. The average molecular weight is 400 g/mol. The molecule has 1 aliphatic heterocycles. The number of piperazine rings is 1. The van der Waals surface area contributed by atoms with Gasteiger partial charge in [-0.15, -0.1) is 31.4 Å². The molecule has 1 heterocycles. The lowest BCUT2D eigenvalue weighted by atomic mass is 9.99. The van der Waals surface area contributed by atoms with Crippen LogP contribution >= 0.6 is 40.7 Å². The third-order valence-corrected chi connectivity index (χ3v) is 4.17. The van der Waals surface area contributed by atoms with Gasteiger partial charge < -0.3 is 5.32 Å². The van der Waals surface area contributed by atoms with Crippen LogP contribution in [0.4, 0.5) is 4.39 Å². The monoisotopic (exact) mass is 398 g/mol. The third-order valence-electron chi connectivity index (χ3n) is 3.57. The van der Waals surface area contributed by atoms with Gasteiger partial charge in [-0.25, -0.2) is 4.39 Å². The van der Waals surface area contributed by atoms with Crippen molar-refractivity contribution in [2.45, 2.75) is 18.9 Å². The highest BCUT2D eigenvalue weighted by atomic mass is 79.9. The van der Waals surface area contributed by atoms with Gasteiger partial charge in [0.2, 0.25) is 0 Å². The summed E-state index contributed by atoms with van der Waals surface area (Å²) in [4.78, 5) is 2.47. The standard InChI is InChI=1S/C15H20BrFN2.2ClH/c1-2-3-4-15(19-9-7-18-8-10-19)12-5-6-14(17)13(16)11-12;;/h2,5-6,11,15,18H,1,3-4,7-10H2;2*1H/t15-;;/m0../s1. The van der Waals surface area contributed by atoms with Crippen molar-refractivity contribution in [3.05, 3.63) is 46.7 Å². The van der Waals surface area contributed by atoms with E-state index in [1.807, 2.05) is 18.2 Å². The van der Waals surface area contributed by atoms with E-state index in [4.69, 9.17) is 0 Å². The van der Waals surface area contributed by atoms with Crippen LogP contribution in [0.2, 0.25) is 0 Å². The second kappa shape index (κ2) is 10.6. The Morgan fingerprint density at radius 3 is 2.57 bits per heavy atom. The molecule has 1 saturated heterocycles. The Hall–Kier alpha value is -0.130. The zero-order valence-electron chi connectivity index (χ0n) is 11.9. The average Bonchev–Trinajstić information content (AvgIpc) is 2.44. The van der Waals surface area contributed by atoms with Crippen LogP contribution in [0.25, 0.3) is 0 Å².